The number of anilines is 3. The van der Waals surface area contributed by atoms with Crippen LogP contribution in [-0.2, 0) is 0 Å². The molecule has 7 nitrogen and oxygen atoms in total. The minimum absolute atomic E-state index is 0.220. The van der Waals surface area contributed by atoms with E-state index in [9.17, 15) is 9.59 Å². The molecule has 0 aliphatic rings. The van der Waals surface area contributed by atoms with Gasteiger partial charge in [-0.2, -0.15) is 0 Å². The average molecular weight is 452 g/mol. The van der Waals surface area contributed by atoms with Crippen molar-refractivity contribution in [2.24, 2.45) is 5.73 Å². The molecule has 4 rings (SSSR count). The van der Waals surface area contributed by atoms with Gasteiger partial charge in [0.2, 0.25) is 0 Å². The number of carbonyl (C=O) groups is 2. The van der Waals surface area contributed by atoms with E-state index in [4.69, 9.17) is 5.73 Å². The highest BCUT2D eigenvalue weighted by Crippen LogP contribution is 2.21. The van der Waals surface area contributed by atoms with Crippen LogP contribution in [0.4, 0.5) is 17.1 Å². The predicted octanol–water partition coefficient (Wildman–Crippen LogP) is 4.51. The van der Waals surface area contributed by atoms with Gasteiger partial charge >= 0.3 is 0 Å². The van der Waals surface area contributed by atoms with Crippen LogP contribution in [0.25, 0.3) is 0 Å². The zero-order valence-corrected chi connectivity index (χ0v) is 18.4. The largest absolute Gasteiger partial charge is 0.355 e. The second-order valence-electron chi connectivity index (χ2n) is 7.67. The van der Waals surface area contributed by atoms with E-state index in [1.54, 1.807) is 54.9 Å². The molecule has 0 fully saturated rings. The normalized spacial score (nSPS) is 11.3. The number of nitrogens with one attached hydrogen (secondary N) is 3. The monoisotopic (exact) mass is 451 g/mol. The number of benzene rings is 3. The molecule has 0 spiro atoms. The third-order valence-electron chi connectivity index (χ3n) is 5.25. The first-order valence-electron chi connectivity index (χ1n) is 10.9. The molecule has 170 valence electrons. The molecule has 34 heavy (non-hydrogen) atoms. The number of rotatable bonds is 8. The van der Waals surface area contributed by atoms with Gasteiger partial charge in [0.15, 0.2) is 0 Å². The summed E-state index contributed by atoms with van der Waals surface area (Å²) in [5.74, 6) is -0.440. The molecule has 7 heteroatoms. The molecule has 0 saturated carbocycles. The Morgan fingerprint density at radius 1 is 0.765 bits per heavy atom. The number of aromatic nitrogens is 1. The molecule has 0 aliphatic carbocycles. The van der Waals surface area contributed by atoms with E-state index in [1.165, 1.54) is 0 Å². The Hall–Kier alpha value is -4.49. The number of carbonyl (C=O) groups excluding carboxylic acids is 2. The Bertz CT molecular complexity index is 1250. The van der Waals surface area contributed by atoms with E-state index < -0.39 is 6.04 Å². The molecule has 2 amide bonds. The Kier molecular flexibility index (Phi) is 7.27. The van der Waals surface area contributed by atoms with Crippen molar-refractivity contribution >= 4 is 28.9 Å². The quantitative estimate of drug-likeness (QED) is 0.315. The lowest BCUT2D eigenvalue weighted by atomic mass is 10.0. The minimum atomic E-state index is -0.421. The fourth-order valence-corrected chi connectivity index (χ4v) is 3.40. The number of hydrogen-bond acceptors (Lipinski definition) is 5. The lowest BCUT2D eigenvalue weighted by Crippen LogP contribution is -2.32. The number of nitrogens with zero attached hydrogens (tertiary/aromatic N) is 1. The number of amides is 2. The molecule has 0 saturated heterocycles. The summed E-state index contributed by atoms with van der Waals surface area (Å²) in [4.78, 5) is 29.2. The van der Waals surface area contributed by atoms with E-state index >= 15 is 0 Å². The Labute approximate surface area is 198 Å². The molecule has 3 aromatic carbocycles. The maximum atomic E-state index is 12.8. The van der Waals surface area contributed by atoms with Crippen molar-refractivity contribution in [1.82, 2.24) is 10.3 Å². The van der Waals surface area contributed by atoms with Gasteiger partial charge in [-0.3, -0.25) is 14.6 Å². The highest BCUT2D eigenvalue weighted by atomic mass is 16.2. The van der Waals surface area contributed by atoms with E-state index in [2.05, 4.69) is 20.9 Å². The van der Waals surface area contributed by atoms with Gasteiger partial charge in [-0.1, -0.05) is 42.5 Å². The lowest BCUT2D eigenvalue weighted by Gasteiger charge is -2.16. The average Bonchev–Trinajstić information content (AvgIpc) is 2.88. The van der Waals surface area contributed by atoms with Crippen LogP contribution in [0.3, 0.4) is 0 Å². The number of para-hydroxylation sites is 2. The highest BCUT2D eigenvalue weighted by Gasteiger charge is 2.14. The van der Waals surface area contributed by atoms with Crippen molar-refractivity contribution in [3.05, 3.63) is 120 Å². The van der Waals surface area contributed by atoms with Crippen LogP contribution in [0.1, 0.15) is 32.3 Å². The number of pyridine rings is 1. The van der Waals surface area contributed by atoms with E-state index in [-0.39, 0.29) is 18.4 Å². The summed E-state index contributed by atoms with van der Waals surface area (Å²) >= 11 is 0. The maximum absolute atomic E-state index is 12.8. The van der Waals surface area contributed by atoms with Crippen LogP contribution in [-0.4, -0.2) is 23.3 Å². The third-order valence-corrected chi connectivity index (χ3v) is 5.25. The van der Waals surface area contributed by atoms with E-state index in [1.807, 2.05) is 48.5 Å². The van der Waals surface area contributed by atoms with Gasteiger partial charge in [0.1, 0.15) is 0 Å². The first kappa shape index (κ1) is 22.7. The molecular weight excluding hydrogens is 426 g/mol. The first-order valence-corrected chi connectivity index (χ1v) is 10.9. The van der Waals surface area contributed by atoms with Gasteiger partial charge in [0.25, 0.3) is 11.8 Å². The molecule has 0 aliphatic heterocycles. The third kappa shape index (κ3) is 5.85. The number of nitrogens with two attached hydrogens (primary N) is 1. The van der Waals surface area contributed by atoms with Crippen LogP contribution >= 0.6 is 0 Å². The molecule has 1 heterocycles. The van der Waals surface area contributed by atoms with Crippen molar-refractivity contribution in [3.8, 4) is 0 Å². The summed E-state index contributed by atoms with van der Waals surface area (Å²) in [6, 6.07) is 27.0. The topological polar surface area (TPSA) is 109 Å². The lowest BCUT2D eigenvalue weighted by molar-refractivity contribution is 0.0951. The van der Waals surface area contributed by atoms with Gasteiger partial charge < -0.3 is 21.7 Å². The Morgan fingerprint density at radius 2 is 1.44 bits per heavy atom. The summed E-state index contributed by atoms with van der Waals surface area (Å²) in [6.45, 7) is 0.251. The predicted molar refractivity (Wildman–Crippen MR) is 134 cm³/mol. The minimum Gasteiger partial charge on any atom is -0.355 e. The van der Waals surface area contributed by atoms with Crippen LogP contribution in [0.5, 0.6) is 0 Å². The molecule has 5 N–H and O–H groups in total. The van der Waals surface area contributed by atoms with Gasteiger partial charge in [-0.15, -0.1) is 0 Å². The second-order valence-corrected chi connectivity index (χ2v) is 7.67. The van der Waals surface area contributed by atoms with Crippen molar-refractivity contribution in [3.63, 3.8) is 0 Å². The molecule has 0 radical (unpaired) electrons. The zero-order chi connectivity index (χ0) is 23.8. The van der Waals surface area contributed by atoms with Crippen molar-refractivity contribution in [2.45, 2.75) is 6.04 Å². The SMILES string of the molecule is NC(CNC(=O)c1ccccc1Nc1ccccc1)c1ccc(C(=O)Nc2ccncc2)cc1. The smallest absolute Gasteiger partial charge is 0.255 e. The summed E-state index contributed by atoms with van der Waals surface area (Å²) < 4.78 is 0. The zero-order valence-electron chi connectivity index (χ0n) is 18.4. The fourth-order valence-electron chi connectivity index (χ4n) is 3.40. The molecule has 4 aromatic rings. The second kappa shape index (κ2) is 10.9. The van der Waals surface area contributed by atoms with Crippen LogP contribution < -0.4 is 21.7 Å². The van der Waals surface area contributed by atoms with Crippen LogP contribution in [0.15, 0.2) is 103 Å². The van der Waals surface area contributed by atoms with Gasteiger partial charge in [-0.25, -0.2) is 0 Å². The summed E-state index contributed by atoms with van der Waals surface area (Å²) in [6.07, 6.45) is 3.23. The van der Waals surface area contributed by atoms with Crippen molar-refractivity contribution < 1.29 is 9.59 Å². The number of hydrogen-bond donors (Lipinski definition) is 4. The van der Waals surface area contributed by atoms with Crippen molar-refractivity contribution in [1.29, 1.82) is 0 Å². The molecule has 1 atom stereocenters. The summed E-state index contributed by atoms with van der Waals surface area (Å²) in [5.41, 5.74) is 10.4. The van der Waals surface area contributed by atoms with E-state index in [0.29, 0.717) is 22.5 Å². The maximum Gasteiger partial charge on any atom is 0.255 e. The summed E-state index contributed by atoms with van der Waals surface area (Å²) in [5, 5.41) is 8.99. The Balaban J connectivity index is 1.35. The van der Waals surface area contributed by atoms with Crippen molar-refractivity contribution in [2.75, 3.05) is 17.2 Å². The molecule has 0 bridgehead atoms. The van der Waals surface area contributed by atoms with Gasteiger partial charge in [0.05, 0.1) is 11.3 Å². The van der Waals surface area contributed by atoms with E-state index in [0.717, 1.165) is 11.3 Å². The van der Waals surface area contributed by atoms with Gasteiger partial charge in [0, 0.05) is 41.9 Å². The van der Waals surface area contributed by atoms with Crippen LogP contribution in [0.2, 0.25) is 0 Å². The molecular formula is C27H25N5O2. The summed E-state index contributed by atoms with van der Waals surface area (Å²) in [7, 11) is 0. The molecule has 1 aromatic heterocycles. The van der Waals surface area contributed by atoms with Crippen LogP contribution in [0, 0.1) is 0 Å². The highest BCUT2D eigenvalue weighted by molar-refractivity contribution is 6.04. The first-order chi connectivity index (χ1) is 16.6. The standard InChI is InChI=1S/C27H25N5O2/c28-24(19-10-12-20(13-11-19)26(33)32-22-14-16-29-17-15-22)18-30-27(34)23-8-4-5-9-25(23)31-21-6-2-1-3-7-21/h1-17,24,31H,18,28H2,(H,30,34)(H,29,32,33). The molecule has 1 unspecified atom stereocenters. The van der Waals surface area contributed by atoms with Gasteiger partial charge in [-0.05, 0) is 54.1 Å². The Morgan fingerprint density at radius 3 is 2.18 bits per heavy atom. The fraction of sp³-hybridized carbons (Fsp3) is 0.0741.